The molecule has 0 amide bonds. The van der Waals surface area contributed by atoms with E-state index in [1.807, 2.05) is 11.8 Å². The van der Waals surface area contributed by atoms with Crippen LogP contribution in [-0.2, 0) is 0 Å². The highest BCUT2D eigenvalue weighted by Gasteiger charge is 2.11. The minimum atomic E-state index is 0.321. The fourth-order valence-electron chi connectivity index (χ4n) is 1.18. The molecule has 1 atom stereocenters. The van der Waals surface area contributed by atoms with Crippen LogP contribution in [0.25, 0.3) is 0 Å². The Morgan fingerprint density at radius 2 is 2.50 bits per heavy atom. The lowest BCUT2D eigenvalue weighted by Gasteiger charge is -2.21. The van der Waals surface area contributed by atoms with E-state index >= 15 is 0 Å². The Balaban J connectivity index is 2.02. The second-order valence-corrected chi connectivity index (χ2v) is 3.97. The van der Waals surface area contributed by atoms with Gasteiger partial charge in [0.25, 0.3) is 0 Å². The van der Waals surface area contributed by atoms with Gasteiger partial charge in [-0.2, -0.15) is 11.8 Å². The lowest BCUT2D eigenvalue weighted by atomic mass is 10.2. The average molecular weight is 161 g/mol. The van der Waals surface area contributed by atoms with Crippen LogP contribution in [-0.4, -0.2) is 35.8 Å². The first kappa shape index (κ1) is 8.37. The van der Waals surface area contributed by atoms with Crippen molar-refractivity contribution >= 4 is 11.8 Å². The highest BCUT2D eigenvalue weighted by molar-refractivity contribution is 7.99. The van der Waals surface area contributed by atoms with Crippen LogP contribution in [0.3, 0.4) is 0 Å². The lowest BCUT2D eigenvalue weighted by molar-refractivity contribution is 0.322. The zero-order valence-electron chi connectivity index (χ0n) is 6.18. The van der Waals surface area contributed by atoms with Crippen LogP contribution in [0, 0.1) is 0 Å². The monoisotopic (exact) mass is 161 g/mol. The average Bonchev–Trinajstić information content (AvgIpc) is 2.03. The van der Waals surface area contributed by atoms with Crippen LogP contribution in [0.1, 0.15) is 12.8 Å². The maximum Gasteiger partial charge on any atom is 0.0521 e. The van der Waals surface area contributed by atoms with E-state index < -0.39 is 0 Å². The molecule has 1 unspecified atom stereocenters. The second kappa shape index (κ2) is 4.99. The van der Waals surface area contributed by atoms with Gasteiger partial charge < -0.3 is 10.4 Å². The van der Waals surface area contributed by atoms with Gasteiger partial charge >= 0.3 is 0 Å². The first-order valence-corrected chi connectivity index (χ1v) is 4.91. The molecule has 0 spiro atoms. The smallest absolute Gasteiger partial charge is 0.0521 e. The maximum absolute atomic E-state index is 8.56. The van der Waals surface area contributed by atoms with E-state index in [9.17, 15) is 0 Å². The quantitative estimate of drug-likeness (QED) is 0.631. The van der Waals surface area contributed by atoms with E-state index in [0.29, 0.717) is 6.61 Å². The van der Waals surface area contributed by atoms with Crippen LogP contribution in [0.15, 0.2) is 0 Å². The molecule has 0 bridgehead atoms. The third kappa shape index (κ3) is 2.90. The van der Waals surface area contributed by atoms with Crippen LogP contribution < -0.4 is 5.32 Å². The summed E-state index contributed by atoms with van der Waals surface area (Å²) in [6.45, 7) is 2.63. The van der Waals surface area contributed by atoms with Crippen molar-refractivity contribution in [3.63, 3.8) is 0 Å². The highest BCUT2D eigenvalue weighted by atomic mass is 32.2. The Morgan fingerprint density at radius 3 is 3.10 bits per heavy atom. The van der Waals surface area contributed by atoms with Gasteiger partial charge in [-0.1, -0.05) is 0 Å². The zero-order chi connectivity index (χ0) is 7.23. The first-order valence-electron chi connectivity index (χ1n) is 3.86. The number of nitrogens with one attached hydrogen (secondary N) is 1. The van der Waals surface area contributed by atoms with E-state index in [1.54, 1.807) is 0 Å². The molecule has 1 aliphatic rings. The Morgan fingerprint density at radius 1 is 1.60 bits per heavy atom. The molecule has 0 aromatic carbocycles. The number of piperidine rings is 1. The zero-order valence-corrected chi connectivity index (χ0v) is 6.99. The third-order valence-electron chi connectivity index (χ3n) is 1.70. The van der Waals surface area contributed by atoms with E-state index in [4.69, 9.17) is 5.11 Å². The van der Waals surface area contributed by atoms with Crippen molar-refractivity contribution in [3.05, 3.63) is 0 Å². The van der Waals surface area contributed by atoms with E-state index in [1.165, 1.54) is 19.4 Å². The van der Waals surface area contributed by atoms with Gasteiger partial charge in [0.1, 0.15) is 0 Å². The van der Waals surface area contributed by atoms with Crippen molar-refractivity contribution in [1.29, 1.82) is 0 Å². The summed E-state index contributed by atoms with van der Waals surface area (Å²) in [6.07, 6.45) is 2.61. The van der Waals surface area contributed by atoms with E-state index in [-0.39, 0.29) is 0 Å². The second-order valence-electron chi connectivity index (χ2n) is 2.56. The van der Waals surface area contributed by atoms with Crippen molar-refractivity contribution in [2.24, 2.45) is 0 Å². The molecular formula is C7H15NOS. The molecule has 0 saturated carbocycles. The fraction of sp³-hybridized carbons (Fsp3) is 1.00. The molecule has 1 fully saturated rings. The molecule has 0 radical (unpaired) electrons. The lowest BCUT2D eigenvalue weighted by Crippen LogP contribution is -2.31. The normalized spacial score (nSPS) is 26.7. The standard InChI is InChI=1S/C7H15NOS/c9-4-5-10-7-2-1-3-8-6-7/h7-9H,1-6H2. The van der Waals surface area contributed by atoms with Crippen molar-refractivity contribution in [3.8, 4) is 0 Å². The first-order chi connectivity index (χ1) is 4.93. The van der Waals surface area contributed by atoms with Gasteiger partial charge in [0.2, 0.25) is 0 Å². The van der Waals surface area contributed by atoms with Crippen LogP contribution >= 0.6 is 11.8 Å². The van der Waals surface area contributed by atoms with Crippen LogP contribution in [0.4, 0.5) is 0 Å². The maximum atomic E-state index is 8.56. The summed E-state index contributed by atoms with van der Waals surface area (Å²) in [5.74, 6) is 0.895. The van der Waals surface area contributed by atoms with Gasteiger partial charge in [0, 0.05) is 17.5 Å². The Bertz CT molecular complexity index is 83.7. The molecular weight excluding hydrogens is 146 g/mol. The van der Waals surface area contributed by atoms with Crippen molar-refractivity contribution < 1.29 is 5.11 Å². The molecule has 10 heavy (non-hydrogen) atoms. The number of thioether (sulfide) groups is 1. The molecule has 3 heteroatoms. The molecule has 2 N–H and O–H groups in total. The predicted molar refractivity (Wildman–Crippen MR) is 45.4 cm³/mol. The summed E-state index contributed by atoms with van der Waals surface area (Å²) in [7, 11) is 0. The minimum Gasteiger partial charge on any atom is -0.396 e. The molecule has 1 heterocycles. The van der Waals surface area contributed by atoms with Gasteiger partial charge in [0.05, 0.1) is 6.61 Å². The van der Waals surface area contributed by atoms with E-state index in [2.05, 4.69) is 5.32 Å². The molecule has 0 aromatic heterocycles. The molecule has 2 nitrogen and oxygen atoms in total. The highest BCUT2D eigenvalue weighted by Crippen LogP contribution is 2.17. The third-order valence-corrected chi connectivity index (χ3v) is 2.99. The molecule has 0 aromatic rings. The van der Waals surface area contributed by atoms with Gasteiger partial charge in [-0.15, -0.1) is 0 Å². The molecule has 1 saturated heterocycles. The van der Waals surface area contributed by atoms with Crippen LogP contribution in [0.2, 0.25) is 0 Å². The molecule has 0 aliphatic carbocycles. The van der Waals surface area contributed by atoms with Gasteiger partial charge in [-0.3, -0.25) is 0 Å². The summed E-state index contributed by atoms with van der Waals surface area (Å²) in [5.41, 5.74) is 0. The summed E-state index contributed by atoms with van der Waals surface area (Å²) in [6, 6.07) is 0. The number of rotatable bonds is 3. The van der Waals surface area contributed by atoms with Crippen molar-refractivity contribution in [1.82, 2.24) is 5.32 Å². The molecule has 60 valence electrons. The van der Waals surface area contributed by atoms with Gasteiger partial charge in [-0.25, -0.2) is 0 Å². The summed E-state index contributed by atoms with van der Waals surface area (Å²) < 4.78 is 0. The Hall–Kier alpha value is 0.270. The number of aliphatic hydroxyl groups excluding tert-OH is 1. The van der Waals surface area contributed by atoms with Crippen molar-refractivity contribution in [2.45, 2.75) is 18.1 Å². The van der Waals surface area contributed by atoms with E-state index in [0.717, 1.165) is 17.5 Å². The predicted octanol–water partition coefficient (Wildman–Crippen LogP) is 0.464. The topological polar surface area (TPSA) is 32.3 Å². The van der Waals surface area contributed by atoms with Crippen LogP contribution in [0.5, 0.6) is 0 Å². The van der Waals surface area contributed by atoms with Gasteiger partial charge in [0.15, 0.2) is 0 Å². The Kier molecular flexibility index (Phi) is 4.18. The summed E-state index contributed by atoms with van der Waals surface area (Å²) in [5, 5.41) is 12.6. The van der Waals surface area contributed by atoms with Gasteiger partial charge in [-0.05, 0) is 19.4 Å². The largest absolute Gasteiger partial charge is 0.396 e. The number of hydrogen-bond donors (Lipinski definition) is 2. The summed E-state index contributed by atoms with van der Waals surface area (Å²) in [4.78, 5) is 0. The van der Waals surface area contributed by atoms with Crippen molar-refractivity contribution in [2.75, 3.05) is 25.4 Å². The number of hydrogen-bond acceptors (Lipinski definition) is 3. The fourth-order valence-corrected chi connectivity index (χ4v) is 2.19. The SMILES string of the molecule is OCCSC1CCCNC1. The minimum absolute atomic E-state index is 0.321. The molecule has 1 rings (SSSR count). The molecule has 1 aliphatic heterocycles. The Labute approximate surface area is 66.4 Å². The number of aliphatic hydroxyl groups is 1. The summed E-state index contributed by atoms with van der Waals surface area (Å²) >= 11 is 1.88.